The van der Waals surface area contributed by atoms with E-state index in [0.717, 1.165) is 5.41 Å². The topological polar surface area (TPSA) is 139 Å². The molecular weight excluding hydrogens is 428 g/mol. The van der Waals surface area contributed by atoms with Crippen molar-refractivity contribution < 1.29 is 28.3 Å². The van der Waals surface area contributed by atoms with Crippen LogP contribution in [0.25, 0.3) is 12.2 Å². The lowest BCUT2D eigenvalue weighted by atomic mass is 10.1. The molecule has 2 rings (SSSR count). The molecule has 0 amide bonds. The Morgan fingerprint density at radius 3 is 1.87 bits per heavy atom. The number of ether oxygens (including phenoxy) is 2. The summed E-state index contributed by atoms with van der Waals surface area (Å²) in [6.45, 7) is 0. The fourth-order valence-corrected chi connectivity index (χ4v) is 3.19. The third-order valence-corrected chi connectivity index (χ3v) is 5.00. The molecule has 0 heterocycles. The number of hydrogen-bond acceptors (Lipinski definition) is 8. The van der Waals surface area contributed by atoms with Crippen LogP contribution in [0, 0.1) is 20.2 Å². The second-order valence-corrected chi connectivity index (χ2v) is 7.28. The SMILES string of the molecule is COc1ccc(/C=C/CC(=O)S(=O)/C=C/c2ccc(OC)c([N+](=O)[O-])c2)cc1[N+](=O)[O-]. The van der Waals surface area contributed by atoms with E-state index in [1.807, 2.05) is 0 Å². The van der Waals surface area contributed by atoms with Gasteiger partial charge in [0, 0.05) is 24.0 Å². The van der Waals surface area contributed by atoms with Crippen molar-refractivity contribution in [3.05, 3.63) is 79.2 Å². The molecule has 0 aliphatic rings. The van der Waals surface area contributed by atoms with Crippen LogP contribution in [0.2, 0.25) is 0 Å². The van der Waals surface area contributed by atoms with Crippen LogP contribution in [0.1, 0.15) is 17.5 Å². The number of allylic oxidation sites excluding steroid dienone is 1. The first-order valence-electron chi connectivity index (χ1n) is 8.69. The molecule has 0 spiro atoms. The molecule has 2 aromatic carbocycles. The molecule has 0 aliphatic carbocycles. The highest BCUT2D eigenvalue weighted by atomic mass is 32.2. The highest BCUT2D eigenvalue weighted by Crippen LogP contribution is 2.29. The van der Waals surface area contributed by atoms with Gasteiger partial charge in [0.15, 0.2) is 11.5 Å². The number of rotatable bonds is 9. The second kappa shape index (κ2) is 10.8. The zero-order chi connectivity index (χ0) is 23.0. The third kappa shape index (κ3) is 6.31. The zero-order valence-corrected chi connectivity index (χ0v) is 17.4. The maximum Gasteiger partial charge on any atom is 0.311 e. The molecule has 0 aromatic heterocycles. The highest BCUT2D eigenvalue weighted by Gasteiger charge is 2.15. The van der Waals surface area contributed by atoms with E-state index in [4.69, 9.17) is 9.47 Å². The number of methoxy groups -OCH3 is 2. The molecule has 10 nitrogen and oxygen atoms in total. The summed E-state index contributed by atoms with van der Waals surface area (Å²) in [7, 11) is 0.667. The molecule has 0 saturated carbocycles. The number of hydrogen-bond donors (Lipinski definition) is 0. The van der Waals surface area contributed by atoms with E-state index < -0.39 is 25.8 Å². The largest absolute Gasteiger partial charge is 0.490 e. The van der Waals surface area contributed by atoms with Crippen molar-refractivity contribution in [1.82, 2.24) is 0 Å². The fraction of sp³-hybridized carbons (Fsp3) is 0.150. The molecule has 0 fully saturated rings. The van der Waals surface area contributed by atoms with Crippen LogP contribution < -0.4 is 9.47 Å². The van der Waals surface area contributed by atoms with Crippen LogP contribution in [-0.2, 0) is 15.6 Å². The molecule has 31 heavy (non-hydrogen) atoms. The van der Waals surface area contributed by atoms with Gasteiger partial charge >= 0.3 is 11.4 Å². The van der Waals surface area contributed by atoms with Gasteiger partial charge in [-0.25, -0.2) is 4.21 Å². The number of nitro groups is 2. The second-order valence-electron chi connectivity index (χ2n) is 5.96. The standard InChI is InChI=1S/C20H18N2O8S/c1-29-18-8-6-14(12-16(18)21(24)25)4-3-5-20(23)31(28)11-10-15-7-9-19(30-2)17(13-15)22(26)27/h3-4,6-13H,5H2,1-2H3/b4-3+,11-10+. The summed E-state index contributed by atoms with van der Waals surface area (Å²) in [4.78, 5) is 32.9. The van der Waals surface area contributed by atoms with Gasteiger partial charge in [0.2, 0.25) is 5.12 Å². The van der Waals surface area contributed by atoms with Gasteiger partial charge in [-0.2, -0.15) is 0 Å². The molecule has 2 aromatic rings. The van der Waals surface area contributed by atoms with Crippen molar-refractivity contribution in [2.45, 2.75) is 6.42 Å². The van der Waals surface area contributed by atoms with E-state index in [9.17, 15) is 29.2 Å². The van der Waals surface area contributed by atoms with Gasteiger partial charge < -0.3 is 9.47 Å². The number of nitrogens with zero attached hydrogens (tertiary/aromatic N) is 2. The first-order valence-corrected chi connectivity index (χ1v) is 9.91. The molecule has 1 atom stereocenters. The van der Waals surface area contributed by atoms with Crippen LogP contribution >= 0.6 is 0 Å². The van der Waals surface area contributed by atoms with Gasteiger partial charge in [0.25, 0.3) is 0 Å². The molecule has 0 radical (unpaired) electrons. The zero-order valence-electron chi connectivity index (χ0n) is 16.5. The summed E-state index contributed by atoms with van der Waals surface area (Å²) in [6, 6.07) is 8.50. The van der Waals surface area contributed by atoms with E-state index in [-0.39, 0.29) is 29.3 Å². The van der Waals surface area contributed by atoms with Crippen molar-refractivity contribution in [3.8, 4) is 11.5 Å². The Balaban J connectivity index is 2.04. The molecule has 0 N–H and O–H groups in total. The normalized spacial score (nSPS) is 12.1. The van der Waals surface area contributed by atoms with Crippen LogP contribution in [-0.4, -0.2) is 33.4 Å². The highest BCUT2D eigenvalue weighted by molar-refractivity contribution is 8.03. The van der Waals surface area contributed by atoms with Gasteiger partial charge in [-0.1, -0.05) is 24.3 Å². The summed E-state index contributed by atoms with van der Waals surface area (Å²) in [5.74, 6) is 0.200. The molecular formula is C20H18N2O8S. The molecule has 11 heteroatoms. The Morgan fingerprint density at radius 2 is 1.42 bits per heavy atom. The predicted octanol–water partition coefficient (Wildman–Crippen LogP) is 3.87. The molecule has 0 saturated heterocycles. The molecule has 162 valence electrons. The quantitative estimate of drug-likeness (QED) is 0.418. The summed E-state index contributed by atoms with van der Waals surface area (Å²) in [5.41, 5.74) is 0.399. The Bertz CT molecular complexity index is 1090. The number of nitro benzene ring substituents is 2. The lowest BCUT2D eigenvalue weighted by Crippen LogP contribution is -2.02. The Hall–Kier alpha value is -3.86. The minimum Gasteiger partial charge on any atom is -0.490 e. The lowest BCUT2D eigenvalue weighted by Gasteiger charge is -2.02. The van der Waals surface area contributed by atoms with Gasteiger partial charge in [-0.3, -0.25) is 25.0 Å². The maximum atomic E-state index is 12.1. The van der Waals surface area contributed by atoms with Crippen LogP contribution in [0.3, 0.4) is 0 Å². The van der Waals surface area contributed by atoms with E-state index in [1.165, 1.54) is 62.8 Å². The average Bonchev–Trinajstić information content (AvgIpc) is 2.76. The smallest absolute Gasteiger partial charge is 0.311 e. The van der Waals surface area contributed by atoms with Crippen molar-refractivity contribution >= 4 is 39.4 Å². The Kier molecular flexibility index (Phi) is 8.15. The van der Waals surface area contributed by atoms with Crippen molar-refractivity contribution in [2.24, 2.45) is 0 Å². The number of carbonyl (C=O) groups excluding carboxylic acids is 1. The van der Waals surface area contributed by atoms with Gasteiger partial charge in [-0.15, -0.1) is 0 Å². The average molecular weight is 446 g/mol. The lowest BCUT2D eigenvalue weighted by molar-refractivity contribution is -0.385. The van der Waals surface area contributed by atoms with Crippen molar-refractivity contribution in [1.29, 1.82) is 0 Å². The van der Waals surface area contributed by atoms with Gasteiger partial charge in [0.1, 0.15) is 10.8 Å². The molecule has 0 aliphatic heterocycles. The van der Waals surface area contributed by atoms with Crippen molar-refractivity contribution in [3.63, 3.8) is 0 Å². The Morgan fingerprint density at radius 1 is 0.935 bits per heavy atom. The monoisotopic (exact) mass is 446 g/mol. The third-order valence-electron chi connectivity index (χ3n) is 4.00. The number of benzene rings is 2. The van der Waals surface area contributed by atoms with Gasteiger partial charge in [-0.05, 0) is 29.3 Å². The summed E-state index contributed by atoms with van der Waals surface area (Å²) >= 11 is 0. The van der Waals surface area contributed by atoms with E-state index in [1.54, 1.807) is 6.07 Å². The van der Waals surface area contributed by atoms with Gasteiger partial charge in [0.05, 0.1) is 24.1 Å². The van der Waals surface area contributed by atoms with E-state index >= 15 is 0 Å². The summed E-state index contributed by atoms with van der Waals surface area (Å²) < 4.78 is 21.9. The minimum absolute atomic E-state index is 0.0863. The fourth-order valence-electron chi connectivity index (χ4n) is 2.50. The van der Waals surface area contributed by atoms with Crippen molar-refractivity contribution in [2.75, 3.05) is 14.2 Å². The maximum absolute atomic E-state index is 12.1. The first kappa shape index (κ1) is 23.4. The first-order chi connectivity index (χ1) is 14.8. The van der Waals surface area contributed by atoms with Crippen LogP contribution in [0.15, 0.2) is 47.9 Å². The predicted molar refractivity (Wildman–Crippen MR) is 115 cm³/mol. The van der Waals surface area contributed by atoms with E-state index in [0.29, 0.717) is 11.1 Å². The van der Waals surface area contributed by atoms with Crippen LogP contribution in [0.5, 0.6) is 11.5 Å². The summed E-state index contributed by atoms with van der Waals surface area (Å²) in [5, 5.41) is 22.6. The number of carbonyl (C=O) groups is 1. The molecule has 1 unspecified atom stereocenters. The van der Waals surface area contributed by atoms with Crippen LogP contribution in [0.4, 0.5) is 11.4 Å². The molecule has 0 bridgehead atoms. The van der Waals surface area contributed by atoms with E-state index in [2.05, 4.69) is 0 Å². The Labute approximate surface area is 179 Å². The summed E-state index contributed by atoms with van der Waals surface area (Å²) in [6.07, 6.45) is 4.12. The minimum atomic E-state index is -1.96.